The van der Waals surface area contributed by atoms with E-state index in [1.165, 1.54) is 51.5 Å². The van der Waals surface area contributed by atoms with Crippen molar-refractivity contribution < 1.29 is 43.5 Å². The van der Waals surface area contributed by atoms with Gasteiger partial charge in [-0.25, -0.2) is 9.18 Å². The van der Waals surface area contributed by atoms with Gasteiger partial charge in [-0.2, -0.15) is 0 Å². The van der Waals surface area contributed by atoms with E-state index in [-0.39, 0.29) is 92.0 Å². The molecule has 2 saturated carbocycles. The van der Waals surface area contributed by atoms with Crippen LogP contribution in [-0.4, -0.2) is 138 Å². The predicted octanol–water partition coefficient (Wildman–Crippen LogP) is 5.04. The van der Waals surface area contributed by atoms with Crippen LogP contribution in [0, 0.1) is 11.7 Å². The van der Waals surface area contributed by atoms with Crippen LogP contribution in [0.3, 0.4) is 0 Å². The Morgan fingerprint density at radius 1 is 0.866 bits per heavy atom. The van der Waals surface area contributed by atoms with E-state index in [0.717, 1.165) is 70.9 Å². The summed E-state index contributed by atoms with van der Waals surface area (Å²) in [5, 5.41) is 30.9. The number of aromatic nitrogens is 1. The summed E-state index contributed by atoms with van der Waals surface area (Å²) in [5.41, 5.74) is 24.4. The molecule has 0 unspecified atom stereocenters. The zero-order chi connectivity index (χ0) is 44.1. The molecule has 1 aromatic carbocycles. The number of nitrogens with two attached hydrogens (primary N) is 4. The van der Waals surface area contributed by atoms with E-state index in [2.05, 4.69) is 9.80 Å². The van der Waals surface area contributed by atoms with E-state index in [4.69, 9.17) is 41.9 Å². The fourth-order valence-electron chi connectivity index (χ4n) is 10.6. The number of aromatic carboxylic acids is 1. The maximum atomic E-state index is 16.1. The van der Waals surface area contributed by atoms with Gasteiger partial charge in [0, 0.05) is 56.6 Å². The zero-order valence-corrected chi connectivity index (χ0v) is 42.6. The number of benzene rings is 1. The molecule has 5 fully saturated rings. The largest absolute Gasteiger partial charge is 0.492 e. The first-order valence-corrected chi connectivity index (χ1v) is 23.3. The Balaban J connectivity index is 0.00000308. The van der Waals surface area contributed by atoms with Crippen LogP contribution >= 0.6 is 62.0 Å². The summed E-state index contributed by atoms with van der Waals surface area (Å²) in [5.74, 6) is -1.14. The maximum Gasteiger partial charge on any atom is 0.341 e. The first kappa shape index (κ1) is 61.6. The number of halogens is 6. The first-order valence-electron chi connectivity index (χ1n) is 23.3. The Morgan fingerprint density at radius 3 is 2.12 bits per heavy atom. The van der Waals surface area contributed by atoms with Crippen LogP contribution in [0.1, 0.15) is 119 Å². The Bertz CT molecular complexity index is 1900. The van der Waals surface area contributed by atoms with E-state index < -0.39 is 72.2 Å². The number of aliphatic hydroxyl groups is 2. The molecule has 22 heteroatoms. The van der Waals surface area contributed by atoms with Crippen LogP contribution in [0.15, 0.2) is 17.1 Å². The summed E-state index contributed by atoms with van der Waals surface area (Å²) in [6.07, 6.45) is 12.8. The smallest absolute Gasteiger partial charge is 0.341 e. The summed E-state index contributed by atoms with van der Waals surface area (Å²) in [6.45, 7) is 4.05. The van der Waals surface area contributed by atoms with Gasteiger partial charge in [-0.05, 0) is 76.4 Å². The highest BCUT2D eigenvalue weighted by atomic mass is 35.5. The molecular weight excluding hydrogens is 979 g/mol. The van der Waals surface area contributed by atoms with E-state index in [0.29, 0.717) is 55.0 Å². The number of hydrogen-bond acceptors (Lipinski definition) is 14. The molecule has 67 heavy (non-hydrogen) atoms. The third-order valence-corrected chi connectivity index (χ3v) is 14.1. The number of rotatable bonds is 21. The molecule has 2 aromatic rings. The van der Waals surface area contributed by atoms with Crippen LogP contribution in [0.4, 0.5) is 10.1 Å². The fraction of sp³-hybridized carbons (Fsp3) is 0.778. The van der Waals surface area contributed by atoms with E-state index in [9.17, 15) is 24.9 Å². The van der Waals surface area contributed by atoms with Crippen molar-refractivity contribution in [3.05, 3.63) is 33.9 Å². The van der Waals surface area contributed by atoms with E-state index >= 15 is 4.39 Å². The third kappa shape index (κ3) is 14.6. The second-order valence-corrected chi connectivity index (χ2v) is 18.6. The fourth-order valence-corrected chi connectivity index (χ4v) is 10.6. The molecule has 0 bridgehead atoms. The minimum atomic E-state index is -1.31. The van der Waals surface area contributed by atoms with Gasteiger partial charge in [-0.1, -0.05) is 51.4 Å². The van der Waals surface area contributed by atoms with Crippen LogP contribution in [0.2, 0.25) is 0 Å². The standard InChI is InChI=1S/C45H72FN7O9.5ClH/c1-59-42-37-28(39(55)29(44(57)58)24-53(37)27-14-15-27)19-30(46)38(42)52-23-26-13-12-17-51(34(26)25-52)16-10-8-6-4-2-3-5-7-9-11-18-60-43-40(56)31(48)20-32(49)41(43)62-45-33(50)21-35(54)36(22-47)61-45;;;;;/h19,24,26-27,31-36,40-41,43,45,54,56H,2-18,20-23,25,47-50H2,1H3,(H,57,58);5*1H/t26-,31+,32-,33+,34+,35-,36+,40-,41+,43+,45+;;;;;/m0...../s1. The predicted molar refractivity (Wildman–Crippen MR) is 270 cm³/mol. The number of unbranched alkanes of at least 4 members (excludes halogenated alkanes) is 9. The third-order valence-electron chi connectivity index (χ3n) is 14.1. The van der Waals surface area contributed by atoms with Crippen molar-refractivity contribution in [1.82, 2.24) is 9.47 Å². The summed E-state index contributed by atoms with van der Waals surface area (Å²) < 4.78 is 42.0. The van der Waals surface area contributed by atoms with E-state index in [1.54, 1.807) is 0 Å². The normalized spacial score (nSPS) is 29.4. The number of pyridine rings is 1. The van der Waals surface area contributed by atoms with Gasteiger partial charge >= 0.3 is 5.97 Å². The molecule has 388 valence electrons. The summed E-state index contributed by atoms with van der Waals surface area (Å²) >= 11 is 0. The van der Waals surface area contributed by atoms with Crippen molar-refractivity contribution in [2.75, 3.05) is 51.3 Å². The average molecular weight is 1060 g/mol. The first-order chi connectivity index (χ1) is 29.9. The number of hydrogen-bond donors (Lipinski definition) is 7. The Kier molecular flexibility index (Phi) is 26.2. The van der Waals surface area contributed by atoms with Gasteiger partial charge in [0.25, 0.3) is 0 Å². The lowest BCUT2D eigenvalue weighted by Crippen LogP contribution is -2.65. The highest BCUT2D eigenvalue weighted by Gasteiger charge is 2.47. The lowest BCUT2D eigenvalue weighted by atomic mass is 9.84. The second-order valence-electron chi connectivity index (χ2n) is 18.6. The lowest BCUT2D eigenvalue weighted by molar-refractivity contribution is -0.272. The van der Waals surface area contributed by atoms with Crippen molar-refractivity contribution in [1.29, 1.82) is 0 Å². The summed E-state index contributed by atoms with van der Waals surface area (Å²) in [6, 6.07) is 0.0391. The molecule has 7 rings (SSSR count). The number of carbonyl (C=O) groups is 1. The van der Waals surface area contributed by atoms with Gasteiger partial charge in [0.1, 0.15) is 23.5 Å². The highest BCUT2D eigenvalue weighted by molar-refractivity contribution is 5.97. The molecule has 11 N–H and O–H groups in total. The minimum Gasteiger partial charge on any atom is -0.492 e. The van der Waals surface area contributed by atoms with Gasteiger partial charge in [-0.3, -0.25) is 9.69 Å². The van der Waals surface area contributed by atoms with Crippen molar-refractivity contribution in [3.8, 4) is 5.75 Å². The molecular formula is C45H77Cl5FN7O9. The number of anilines is 1. The zero-order valence-electron chi connectivity index (χ0n) is 38.5. The molecule has 0 spiro atoms. The number of carboxylic acids is 1. The molecule has 0 amide bonds. The number of carboxylic acid groups (broad SMARTS) is 1. The SMILES string of the molecule is COc1c(N2C[C@@H]3CCCN(CCCCCCCCCCCCO[C@@H]4[C@@H](O)[C@H](N)C[C@H](N)[C@H]4O[C@H]4O[C@H](CN)[C@@H](O)C[C@H]4N)[C@@H]3C2)c(F)cc2c(=O)c(C(=O)O)cn(C3CC3)c12.Cl.Cl.Cl.Cl.Cl. The highest BCUT2D eigenvalue weighted by Crippen LogP contribution is 2.46. The van der Waals surface area contributed by atoms with E-state index in [1.807, 2.05) is 4.57 Å². The van der Waals surface area contributed by atoms with Crippen molar-refractivity contribution >= 4 is 84.6 Å². The molecule has 3 saturated heterocycles. The summed E-state index contributed by atoms with van der Waals surface area (Å²) in [4.78, 5) is 29.8. The topological polar surface area (TPSA) is 247 Å². The number of ether oxygens (including phenoxy) is 4. The second kappa shape index (κ2) is 28.5. The van der Waals surface area contributed by atoms with Crippen LogP contribution in [0.5, 0.6) is 5.75 Å². The molecule has 3 aliphatic heterocycles. The Hall–Kier alpha value is -1.52. The average Bonchev–Trinajstić information content (AvgIpc) is 4.00. The van der Waals surface area contributed by atoms with Gasteiger partial charge < -0.3 is 66.7 Å². The number of likely N-dealkylation sites (tertiary alicyclic amines) is 1. The lowest BCUT2D eigenvalue weighted by Gasteiger charge is -2.45. The number of methoxy groups -OCH3 is 1. The molecule has 0 radical (unpaired) electrons. The quantitative estimate of drug-likeness (QED) is 0.0810. The maximum absolute atomic E-state index is 16.1. The Morgan fingerprint density at radius 2 is 1.51 bits per heavy atom. The van der Waals surface area contributed by atoms with Crippen molar-refractivity contribution in [2.45, 2.75) is 170 Å². The molecule has 11 atom stereocenters. The van der Waals surface area contributed by atoms with Crippen molar-refractivity contribution in [2.24, 2.45) is 28.9 Å². The molecule has 16 nitrogen and oxygen atoms in total. The van der Waals surface area contributed by atoms with Crippen LogP contribution in [0.25, 0.3) is 10.9 Å². The molecule has 5 aliphatic rings. The number of fused-ring (bicyclic) bond motifs is 2. The number of nitrogens with zero attached hydrogens (tertiary/aromatic N) is 3. The van der Waals surface area contributed by atoms with Crippen LogP contribution in [-0.2, 0) is 14.2 Å². The van der Waals surface area contributed by atoms with Crippen molar-refractivity contribution in [3.63, 3.8) is 0 Å². The Labute approximate surface area is 425 Å². The number of piperidine rings is 1. The summed E-state index contributed by atoms with van der Waals surface area (Å²) in [7, 11) is 1.50. The number of aliphatic hydroxyl groups excluding tert-OH is 2. The van der Waals surface area contributed by atoms with Gasteiger partial charge in [-0.15, -0.1) is 62.0 Å². The van der Waals surface area contributed by atoms with Gasteiger partial charge in [0.2, 0.25) is 5.43 Å². The molecule has 2 aliphatic carbocycles. The molecule has 4 heterocycles. The van der Waals surface area contributed by atoms with Crippen LogP contribution < -0.4 is 38.0 Å². The minimum absolute atomic E-state index is 0. The van der Waals surface area contributed by atoms with Gasteiger partial charge in [0.05, 0.1) is 42.4 Å². The monoisotopic (exact) mass is 1050 g/mol. The molecule has 1 aromatic heterocycles. The van der Waals surface area contributed by atoms with Gasteiger partial charge in [0.15, 0.2) is 17.9 Å².